The molecule has 5 nitrogen and oxygen atoms in total. The smallest absolute Gasteiger partial charge is 0.242 e. The van der Waals surface area contributed by atoms with Crippen LogP contribution in [0, 0.1) is 0 Å². The van der Waals surface area contributed by atoms with Crippen molar-refractivity contribution in [3.63, 3.8) is 0 Å². The molecule has 3 N–H and O–H groups in total. The van der Waals surface area contributed by atoms with Crippen LogP contribution in [0.4, 0.5) is 17.2 Å². The summed E-state index contributed by atoms with van der Waals surface area (Å²) in [6.45, 7) is 3.85. The summed E-state index contributed by atoms with van der Waals surface area (Å²) in [5.74, 6) is 0.284. The molecule has 2 atom stereocenters. The minimum atomic E-state index is -0.549. The van der Waals surface area contributed by atoms with E-state index in [1.165, 1.54) is 11.3 Å². The van der Waals surface area contributed by atoms with Gasteiger partial charge >= 0.3 is 0 Å². The van der Waals surface area contributed by atoms with E-state index < -0.39 is 6.04 Å². The summed E-state index contributed by atoms with van der Waals surface area (Å²) in [5.41, 5.74) is 9.14. The molecule has 5 heteroatoms. The fourth-order valence-electron chi connectivity index (χ4n) is 2.80. The van der Waals surface area contributed by atoms with Crippen LogP contribution >= 0.6 is 0 Å². The molecule has 0 aliphatic carbocycles. The molecule has 1 aliphatic heterocycles. The number of nitrogens with two attached hydrogens (primary N) is 1. The lowest BCUT2D eigenvalue weighted by Crippen LogP contribution is -2.32. The summed E-state index contributed by atoms with van der Waals surface area (Å²) < 4.78 is 0. The number of hydrogen-bond acceptors (Lipinski definition) is 4. The van der Waals surface area contributed by atoms with E-state index in [1.54, 1.807) is 13.1 Å². The average Bonchev–Trinajstić information content (AvgIpc) is 2.84. The third-order valence-corrected chi connectivity index (χ3v) is 3.90. The van der Waals surface area contributed by atoms with E-state index in [-0.39, 0.29) is 5.91 Å². The molecule has 1 aromatic carbocycles. The Kier molecular flexibility index (Phi) is 3.81. The van der Waals surface area contributed by atoms with Crippen LogP contribution in [-0.4, -0.2) is 23.0 Å². The summed E-state index contributed by atoms with van der Waals surface area (Å²) in [6, 6.07) is 12.0. The number of anilines is 3. The first-order valence-electron chi connectivity index (χ1n) is 7.46. The fourth-order valence-corrected chi connectivity index (χ4v) is 2.80. The van der Waals surface area contributed by atoms with Gasteiger partial charge in [0, 0.05) is 11.7 Å². The summed E-state index contributed by atoms with van der Waals surface area (Å²) in [4.78, 5) is 18.2. The fraction of sp³-hybridized carbons (Fsp3) is 0.294. The number of fused-ring (bicyclic) bond motifs is 1. The van der Waals surface area contributed by atoms with Crippen LogP contribution in [0.25, 0.3) is 0 Å². The maximum Gasteiger partial charge on any atom is 0.242 e. The predicted molar refractivity (Wildman–Crippen MR) is 88.3 cm³/mol. The van der Waals surface area contributed by atoms with Gasteiger partial charge in [0.25, 0.3) is 0 Å². The van der Waals surface area contributed by atoms with Gasteiger partial charge < -0.3 is 16.0 Å². The predicted octanol–water partition coefficient (Wildman–Crippen LogP) is 2.45. The van der Waals surface area contributed by atoms with Crippen LogP contribution < -0.4 is 16.0 Å². The second-order valence-electron chi connectivity index (χ2n) is 5.73. The number of nitrogens with zero attached hydrogens (tertiary/aromatic N) is 2. The van der Waals surface area contributed by atoms with Crippen LogP contribution in [0.1, 0.15) is 19.4 Å². The van der Waals surface area contributed by atoms with Gasteiger partial charge in [0.2, 0.25) is 5.91 Å². The van der Waals surface area contributed by atoms with Gasteiger partial charge in [-0.3, -0.25) is 4.79 Å². The van der Waals surface area contributed by atoms with E-state index in [9.17, 15) is 4.79 Å². The molecule has 0 bridgehead atoms. The number of nitrogens with one attached hydrogen (secondary N) is 1. The molecule has 2 heterocycles. The van der Waals surface area contributed by atoms with Crippen molar-refractivity contribution in [3.05, 3.63) is 48.2 Å². The normalized spacial score (nSPS) is 18.0. The van der Waals surface area contributed by atoms with Crippen molar-refractivity contribution in [3.8, 4) is 0 Å². The van der Waals surface area contributed by atoms with Gasteiger partial charge in [-0.1, -0.05) is 18.2 Å². The molecule has 0 saturated heterocycles. The van der Waals surface area contributed by atoms with Crippen molar-refractivity contribution in [2.45, 2.75) is 32.4 Å². The van der Waals surface area contributed by atoms with Gasteiger partial charge in [-0.2, -0.15) is 0 Å². The minimum absolute atomic E-state index is 0.236. The summed E-state index contributed by atoms with van der Waals surface area (Å²) in [6.07, 6.45) is 2.81. The molecule has 22 heavy (non-hydrogen) atoms. The lowest BCUT2D eigenvalue weighted by molar-refractivity contribution is -0.117. The number of aromatic nitrogens is 1. The van der Waals surface area contributed by atoms with Gasteiger partial charge in [0.15, 0.2) is 0 Å². The van der Waals surface area contributed by atoms with Crippen LogP contribution in [0.2, 0.25) is 0 Å². The van der Waals surface area contributed by atoms with Gasteiger partial charge in [-0.15, -0.1) is 0 Å². The third kappa shape index (κ3) is 2.67. The Bertz CT molecular complexity index is 681. The van der Waals surface area contributed by atoms with Gasteiger partial charge in [-0.25, -0.2) is 4.98 Å². The highest BCUT2D eigenvalue weighted by Gasteiger charge is 2.26. The second kappa shape index (κ2) is 5.77. The molecule has 3 rings (SSSR count). The minimum Gasteiger partial charge on any atom is -0.337 e. The molecule has 0 saturated carbocycles. The summed E-state index contributed by atoms with van der Waals surface area (Å²) in [5, 5.41) is 2.70. The third-order valence-electron chi connectivity index (χ3n) is 3.90. The highest BCUT2D eigenvalue weighted by Crippen LogP contribution is 2.37. The zero-order valence-corrected chi connectivity index (χ0v) is 12.8. The van der Waals surface area contributed by atoms with Crippen molar-refractivity contribution < 1.29 is 4.79 Å². The monoisotopic (exact) mass is 296 g/mol. The lowest BCUT2D eigenvalue weighted by atomic mass is 10.1. The molecule has 2 aromatic rings. The number of rotatable bonds is 3. The number of pyridine rings is 1. The number of para-hydroxylation sites is 1. The van der Waals surface area contributed by atoms with Gasteiger partial charge in [-0.05, 0) is 44.0 Å². The van der Waals surface area contributed by atoms with Crippen molar-refractivity contribution in [1.82, 2.24) is 4.98 Å². The van der Waals surface area contributed by atoms with Crippen LogP contribution in [0.3, 0.4) is 0 Å². The van der Waals surface area contributed by atoms with Gasteiger partial charge in [0.05, 0.1) is 17.9 Å². The summed E-state index contributed by atoms with van der Waals surface area (Å²) in [7, 11) is 0. The van der Waals surface area contributed by atoms with Crippen molar-refractivity contribution in [2.75, 3.05) is 10.2 Å². The topological polar surface area (TPSA) is 71.2 Å². The number of carbonyl (C=O) groups excluding carboxylic acids is 1. The Labute approximate surface area is 130 Å². The highest BCUT2D eigenvalue weighted by atomic mass is 16.2. The molecule has 1 aromatic heterocycles. The van der Waals surface area contributed by atoms with E-state index in [4.69, 9.17) is 5.73 Å². The second-order valence-corrected chi connectivity index (χ2v) is 5.73. The number of amides is 1. The largest absolute Gasteiger partial charge is 0.337 e. The first-order chi connectivity index (χ1) is 10.6. The van der Waals surface area contributed by atoms with E-state index >= 15 is 0 Å². The molecule has 2 unspecified atom stereocenters. The van der Waals surface area contributed by atoms with E-state index in [0.29, 0.717) is 11.9 Å². The first-order valence-corrected chi connectivity index (χ1v) is 7.46. The molecule has 0 fully saturated rings. The number of carbonyl (C=O) groups is 1. The standard InChI is InChI=1S/C17H20N4O/c1-11-9-13-5-3-4-6-15(13)21(11)14-7-8-16(19-10-14)20-17(22)12(2)18/h3-8,10-12H,9,18H2,1-2H3,(H,19,20,22). The Morgan fingerprint density at radius 3 is 2.82 bits per heavy atom. The maximum atomic E-state index is 11.6. The maximum absolute atomic E-state index is 11.6. The Morgan fingerprint density at radius 1 is 1.36 bits per heavy atom. The number of benzene rings is 1. The van der Waals surface area contributed by atoms with Crippen LogP contribution in [-0.2, 0) is 11.2 Å². The van der Waals surface area contributed by atoms with E-state index in [2.05, 4.69) is 46.4 Å². The number of hydrogen-bond donors (Lipinski definition) is 2. The quantitative estimate of drug-likeness (QED) is 0.912. The van der Waals surface area contributed by atoms with Gasteiger partial charge in [0.1, 0.15) is 5.82 Å². The lowest BCUT2D eigenvalue weighted by Gasteiger charge is -2.24. The molecule has 1 aliphatic rings. The molecular weight excluding hydrogens is 276 g/mol. The van der Waals surface area contributed by atoms with Crippen LogP contribution in [0.5, 0.6) is 0 Å². The van der Waals surface area contributed by atoms with Crippen molar-refractivity contribution in [2.24, 2.45) is 5.73 Å². The SMILES string of the molecule is CC(N)C(=O)Nc1ccc(N2c3ccccc3CC2C)cn1. The summed E-state index contributed by atoms with van der Waals surface area (Å²) >= 11 is 0. The first kappa shape index (κ1) is 14.5. The van der Waals surface area contributed by atoms with Crippen molar-refractivity contribution in [1.29, 1.82) is 0 Å². The molecule has 0 radical (unpaired) electrons. The molecule has 0 spiro atoms. The zero-order chi connectivity index (χ0) is 15.7. The van der Waals surface area contributed by atoms with E-state index in [1.807, 2.05) is 12.1 Å². The zero-order valence-electron chi connectivity index (χ0n) is 12.8. The molecule has 114 valence electrons. The Balaban J connectivity index is 1.83. The van der Waals surface area contributed by atoms with E-state index in [0.717, 1.165) is 12.1 Å². The molecular formula is C17H20N4O. The highest BCUT2D eigenvalue weighted by molar-refractivity contribution is 5.93. The average molecular weight is 296 g/mol. The Morgan fingerprint density at radius 2 is 2.14 bits per heavy atom. The Hall–Kier alpha value is -2.40. The molecule has 1 amide bonds. The van der Waals surface area contributed by atoms with Crippen molar-refractivity contribution >= 4 is 23.1 Å². The van der Waals surface area contributed by atoms with Crippen LogP contribution in [0.15, 0.2) is 42.6 Å².